The van der Waals surface area contributed by atoms with Crippen molar-refractivity contribution in [2.75, 3.05) is 0 Å². The molecule has 0 bridgehead atoms. The number of nitrogens with two attached hydrogens (primary N) is 1. The molecule has 1 rings (SSSR count). The first-order chi connectivity index (χ1) is 5.54. The quantitative estimate of drug-likeness (QED) is 0.579. The first-order valence-corrected chi connectivity index (χ1v) is 5.13. The van der Waals surface area contributed by atoms with Gasteiger partial charge in [-0.1, -0.05) is 0 Å². The molecule has 0 atom stereocenters. The molecule has 2 nitrogen and oxygen atoms in total. The van der Waals surface area contributed by atoms with Crippen LogP contribution in [0.1, 0.15) is 10.4 Å². The molecule has 0 radical (unpaired) electrons. The van der Waals surface area contributed by atoms with E-state index in [1.165, 1.54) is 0 Å². The fourth-order valence-electron chi connectivity index (χ4n) is 0.753. The van der Waals surface area contributed by atoms with Gasteiger partial charge in [0.25, 0.3) is 5.91 Å². The molecule has 0 aromatic heterocycles. The van der Waals surface area contributed by atoms with Crippen LogP contribution in [0.4, 0.5) is 4.39 Å². The maximum atomic E-state index is 13.2. The Hall–Kier alpha value is 0.0800. The van der Waals surface area contributed by atoms with E-state index in [2.05, 4.69) is 0 Å². The number of hydrogen-bond donors (Lipinski definition) is 1. The molecule has 1 amide bonds. The lowest BCUT2D eigenvalue weighted by molar-refractivity contribution is 0.0995. The van der Waals surface area contributed by atoms with Gasteiger partial charge in [-0.3, -0.25) is 4.79 Å². The zero-order valence-corrected chi connectivity index (χ0v) is 10.1. The minimum absolute atomic E-state index is 0.0255. The second-order valence-corrected chi connectivity index (χ2v) is 4.41. The second kappa shape index (κ2) is 3.86. The van der Waals surface area contributed by atoms with E-state index >= 15 is 0 Å². The van der Waals surface area contributed by atoms with Crippen LogP contribution >= 0.6 is 45.2 Å². The molecule has 0 heterocycles. The fraction of sp³-hybridized carbons (Fsp3) is 0. The number of amides is 1. The van der Waals surface area contributed by atoms with Gasteiger partial charge in [0.2, 0.25) is 0 Å². The average Bonchev–Trinajstić information content (AvgIpc) is 1.97. The van der Waals surface area contributed by atoms with Crippen molar-refractivity contribution in [1.82, 2.24) is 0 Å². The second-order valence-electron chi connectivity index (χ2n) is 2.08. The molecule has 0 fully saturated rings. The van der Waals surface area contributed by atoms with Gasteiger partial charge in [-0.25, -0.2) is 4.39 Å². The van der Waals surface area contributed by atoms with Crippen LogP contribution in [-0.2, 0) is 0 Å². The third-order valence-corrected chi connectivity index (χ3v) is 3.02. The summed E-state index contributed by atoms with van der Waals surface area (Å²) in [5.41, 5.74) is 4.97. The Bertz CT molecular complexity index is 340. The lowest BCUT2D eigenvalue weighted by Gasteiger charge is -2.02. The van der Waals surface area contributed by atoms with E-state index in [-0.39, 0.29) is 5.56 Å². The highest BCUT2D eigenvalue weighted by Crippen LogP contribution is 2.20. The third kappa shape index (κ3) is 1.87. The summed E-state index contributed by atoms with van der Waals surface area (Å²) in [6.45, 7) is 0. The van der Waals surface area contributed by atoms with Crippen molar-refractivity contribution in [2.45, 2.75) is 0 Å². The summed E-state index contributed by atoms with van der Waals surface area (Å²) in [6, 6.07) is 3.26. The minimum Gasteiger partial charge on any atom is -0.365 e. The maximum Gasteiger partial charge on any atom is 0.252 e. The van der Waals surface area contributed by atoms with Gasteiger partial charge in [-0.05, 0) is 57.3 Å². The zero-order chi connectivity index (χ0) is 9.30. The van der Waals surface area contributed by atoms with Crippen molar-refractivity contribution in [1.29, 1.82) is 0 Å². The van der Waals surface area contributed by atoms with Gasteiger partial charge in [0.15, 0.2) is 0 Å². The van der Waals surface area contributed by atoms with Gasteiger partial charge in [0.1, 0.15) is 5.82 Å². The van der Waals surface area contributed by atoms with Gasteiger partial charge in [-0.2, -0.15) is 0 Å². The van der Waals surface area contributed by atoms with Crippen molar-refractivity contribution in [3.05, 3.63) is 30.7 Å². The van der Waals surface area contributed by atoms with Crippen LogP contribution < -0.4 is 5.73 Å². The SMILES string of the molecule is NC(=O)c1c(I)ccc(I)c1F. The minimum atomic E-state index is -0.726. The van der Waals surface area contributed by atoms with Gasteiger partial charge in [0.05, 0.1) is 5.56 Å². The number of halogens is 3. The fourth-order valence-corrected chi connectivity index (χ4v) is 1.88. The molecule has 0 unspecified atom stereocenters. The van der Waals surface area contributed by atoms with Crippen molar-refractivity contribution in [3.63, 3.8) is 0 Å². The van der Waals surface area contributed by atoms with Crippen LogP contribution in [0.25, 0.3) is 0 Å². The number of carbonyl (C=O) groups is 1. The highest BCUT2D eigenvalue weighted by molar-refractivity contribution is 14.1. The molecule has 0 aliphatic rings. The standard InChI is InChI=1S/C7H4FI2NO/c8-6-4(10)2-1-3(9)5(6)7(11)12/h1-2H,(H2,11,12). The summed E-state index contributed by atoms with van der Waals surface area (Å²) in [5, 5.41) is 0. The highest BCUT2D eigenvalue weighted by Gasteiger charge is 2.14. The molecule has 0 spiro atoms. The van der Waals surface area contributed by atoms with Crippen LogP contribution in [0, 0.1) is 13.0 Å². The summed E-state index contributed by atoms with van der Waals surface area (Å²) in [5.74, 6) is -1.26. The Morgan fingerprint density at radius 2 is 1.83 bits per heavy atom. The molecule has 12 heavy (non-hydrogen) atoms. The van der Waals surface area contributed by atoms with E-state index < -0.39 is 11.7 Å². The molecule has 5 heteroatoms. The monoisotopic (exact) mass is 391 g/mol. The molecule has 1 aromatic rings. The summed E-state index contributed by atoms with van der Waals surface area (Å²) in [4.78, 5) is 10.8. The lowest BCUT2D eigenvalue weighted by atomic mass is 10.2. The maximum absolute atomic E-state index is 13.2. The molecule has 0 aliphatic carbocycles. The van der Waals surface area contributed by atoms with Crippen molar-refractivity contribution < 1.29 is 9.18 Å². The highest BCUT2D eigenvalue weighted by atomic mass is 127. The number of carbonyl (C=O) groups excluding carboxylic acids is 1. The van der Waals surface area contributed by atoms with Gasteiger partial charge in [0, 0.05) is 7.14 Å². The number of benzene rings is 1. The smallest absolute Gasteiger partial charge is 0.252 e. The molecule has 0 aliphatic heterocycles. The van der Waals surface area contributed by atoms with Crippen LogP contribution in [0.3, 0.4) is 0 Å². The van der Waals surface area contributed by atoms with Crippen molar-refractivity contribution in [3.8, 4) is 0 Å². The molecular weight excluding hydrogens is 387 g/mol. The Balaban J connectivity index is 3.43. The first kappa shape index (κ1) is 10.2. The van der Waals surface area contributed by atoms with Crippen LogP contribution in [0.2, 0.25) is 0 Å². The third-order valence-electron chi connectivity index (χ3n) is 1.29. The lowest BCUT2D eigenvalue weighted by Crippen LogP contribution is -2.15. The zero-order valence-electron chi connectivity index (χ0n) is 5.77. The molecule has 0 saturated carbocycles. The van der Waals surface area contributed by atoms with Crippen LogP contribution in [0.5, 0.6) is 0 Å². The van der Waals surface area contributed by atoms with Crippen molar-refractivity contribution >= 4 is 51.1 Å². The van der Waals surface area contributed by atoms with Crippen LogP contribution in [-0.4, -0.2) is 5.91 Å². The van der Waals surface area contributed by atoms with E-state index in [0.717, 1.165) is 0 Å². The number of rotatable bonds is 1. The summed E-state index contributed by atoms with van der Waals surface area (Å²) >= 11 is 3.69. The largest absolute Gasteiger partial charge is 0.365 e. The van der Waals surface area contributed by atoms with Gasteiger partial charge in [-0.15, -0.1) is 0 Å². The topological polar surface area (TPSA) is 43.1 Å². The van der Waals surface area contributed by atoms with Gasteiger partial charge < -0.3 is 5.73 Å². The Kier molecular flexibility index (Phi) is 3.27. The molecule has 2 N–H and O–H groups in total. The Morgan fingerprint density at radius 3 is 2.25 bits per heavy atom. The Labute approximate surface area is 96.0 Å². The first-order valence-electron chi connectivity index (χ1n) is 2.97. The van der Waals surface area contributed by atoms with E-state index in [0.29, 0.717) is 7.14 Å². The molecule has 0 saturated heterocycles. The molecule has 64 valence electrons. The predicted molar refractivity (Wildman–Crippen MR) is 60.4 cm³/mol. The summed E-state index contributed by atoms with van der Waals surface area (Å²) in [7, 11) is 0. The number of hydrogen-bond acceptors (Lipinski definition) is 1. The Morgan fingerprint density at radius 1 is 1.33 bits per heavy atom. The van der Waals surface area contributed by atoms with Gasteiger partial charge >= 0.3 is 0 Å². The van der Waals surface area contributed by atoms with E-state index in [9.17, 15) is 9.18 Å². The predicted octanol–water partition coefficient (Wildman–Crippen LogP) is 2.13. The van der Waals surface area contributed by atoms with Crippen LogP contribution in [0.15, 0.2) is 12.1 Å². The summed E-state index contributed by atoms with van der Waals surface area (Å²) in [6.07, 6.45) is 0. The molecular formula is C7H4FI2NO. The van der Waals surface area contributed by atoms with E-state index in [4.69, 9.17) is 5.73 Å². The summed E-state index contributed by atoms with van der Waals surface area (Å²) < 4.78 is 14.1. The van der Waals surface area contributed by atoms with E-state index in [1.807, 2.05) is 45.2 Å². The van der Waals surface area contributed by atoms with E-state index in [1.54, 1.807) is 12.1 Å². The average molecular weight is 391 g/mol. The normalized spacial score (nSPS) is 9.92. The number of primary amides is 1. The van der Waals surface area contributed by atoms with Crippen molar-refractivity contribution in [2.24, 2.45) is 5.73 Å². The molecule has 1 aromatic carbocycles.